The lowest BCUT2D eigenvalue weighted by Gasteiger charge is -2.20. The molecule has 2 rings (SSSR count). The highest BCUT2D eigenvalue weighted by molar-refractivity contribution is 5.76. The smallest absolute Gasteiger partial charge is 0.222 e. The summed E-state index contributed by atoms with van der Waals surface area (Å²) in [4.78, 5) is 25.6. The molecule has 1 heterocycles. The molecule has 0 aromatic rings. The Bertz CT molecular complexity index is 338. The largest absolute Gasteiger partial charge is 0.356 e. The van der Waals surface area contributed by atoms with Crippen molar-refractivity contribution in [1.29, 1.82) is 0 Å². The van der Waals surface area contributed by atoms with Crippen LogP contribution in [0, 0.1) is 5.92 Å². The second-order valence-electron chi connectivity index (χ2n) is 6.58. The third-order valence-electron chi connectivity index (χ3n) is 4.85. The number of hydrogen-bond donors (Lipinski definition) is 1. The van der Waals surface area contributed by atoms with Crippen LogP contribution in [-0.2, 0) is 9.59 Å². The molecule has 0 aromatic carbocycles. The van der Waals surface area contributed by atoms with E-state index in [1.54, 1.807) is 0 Å². The fraction of sp³-hybridized carbons (Fsp3) is 0.882. The molecule has 4 heteroatoms. The molecule has 2 amide bonds. The predicted molar refractivity (Wildman–Crippen MR) is 83.9 cm³/mol. The van der Waals surface area contributed by atoms with Crippen molar-refractivity contribution in [1.82, 2.24) is 10.2 Å². The Kier molecular flexibility index (Phi) is 7.04. The minimum absolute atomic E-state index is 0.184. The molecule has 1 N–H and O–H groups in total. The monoisotopic (exact) mass is 294 g/mol. The summed E-state index contributed by atoms with van der Waals surface area (Å²) in [6, 6.07) is 0. The van der Waals surface area contributed by atoms with Gasteiger partial charge in [0.05, 0.1) is 0 Å². The van der Waals surface area contributed by atoms with Crippen LogP contribution in [0.5, 0.6) is 0 Å². The maximum Gasteiger partial charge on any atom is 0.222 e. The first-order valence-electron chi connectivity index (χ1n) is 8.80. The van der Waals surface area contributed by atoms with Crippen molar-refractivity contribution in [3.63, 3.8) is 0 Å². The van der Waals surface area contributed by atoms with E-state index in [4.69, 9.17) is 0 Å². The van der Waals surface area contributed by atoms with E-state index in [9.17, 15) is 9.59 Å². The van der Waals surface area contributed by atoms with E-state index in [0.29, 0.717) is 25.3 Å². The summed E-state index contributed by atoms with van der Waals surface area (Å²) >= 11 is 0. The molecule has 1 aliphatic carbocycles. The lowest BCUT2D eigenvalue weighted by atomic mass is 10.0. The van der Waals surface area contributed by atoms with Gasteiger partial charge in [0.2, 0.25) is 11.8 Å². The molecule has 0 radical (unpaired) electrons. The van der Waals surface area contributed by atoms with Gasteiger partial charge < -0.3 is 10.2 Å². The number of nitrogens with one attached hydrogen (secondary N) is 1. The van der Waals surface area contributed by atoms with Gasteiger partial charge in [0.25, 0.3) is 0 Å². The molecular formula is C17H30N2O2. The van der Waals surface area contributed by atoms with E-state index in [1.807, 2.05) is 4.90 Å². The lowest BCUT2D eigenvalue weighted by Crippen LogP contribution is -2.34. The minimum Gasteiger partial charge on any atom is -0.356 e. The fourth-order valence-electron chi connectivity index (χ4n) is 3.50. The maximum atomic E-state index is 11.8. The van der Waals surface area contributed by atoms with Gasteiger partial charge in [0, 0.05) is 32.5 Å². The SMILES string of the molecule is O=C(CCC1CCCC1)NCCCN1CCCCCC1=O. The number of hydrogen-bond acceptors (Lipinski definition) is 2. The molecule has 0 unspecified atom stereocenters. The molecular weight excluding hydrogens is 264 g/mol. The van der Waals surface area contributed by atoms with Crippen molar-refractivity contribution >= 4 is 11.8 Å². The van der Waals surface area contributed by atoms with E-state index >= 15 is 0 Å². The van der Waals surface area contributed by atoms with E-state index < -0.39 is 0 Å². The molecule has 2 aliphatic rings. The van der Waals surface area contributed by atoms with Crippen LogP contribution in [0.4, 0.5) is 0 Å². The second kappa shape index (κ2) is 9.06. The van der Waals surface area contributed by atoms with Crippen LogP contribution in [0.2, 0.25) is 0 Å². The zero-order valence-electron chi connectivity index (χ0n) is 13.2. The Morgan fingerprint density at radius 3 is 2.76 bits per heavy atom. The van der Waals surface area contributed by atoms with Gasteiger partial charge in [0.1, 0.15) is 0 Å². The minimum atomic E-state index is 0.184. The van der Waals surface area contributed by atoms with Gasteiger partial charge in [-0.25, -0.2) is 0 Å². The molecule has 0 aromatic heterocycles. The molecule has 4 nitrogen and oxygen atoms in total. The number of likely N-dealkylation sites (tertiary alicyclic amines) is 1. The van der Waals surface area contributed by atoms with Crippen molar-refractivity contribution in [2.24, 2.45) is 5.92 Å². The number of rotatable bonds is 7. The number of carbonyl (C=O) groups is 2. The van der Waals surface area contributed by atoms with Crippen LogP contribution in [0.1, 0.15) is 70.6 Å². The molecule has 1 aliphatic heterocycles. The maximum absolute atomic E-state index is 11.8. The number of carbonyl (C=O) groups excluding carboxylic acids is 2. The van der Waals surface area contributed by atoms with Crippen LogP contribution >= 0.6 is 0 Å². The summed E-state index contributed by atoms with van der Waals surface area (Å²) in [5.74, 6) is 1.26. The molecule has 0 spiro atoms. The van der Waals surface area contributed by atoms with Crippen molar-refractivity contribution in [2.45, 2.75) is 70.6 Å². The Morgan fingerprint density at radius 1 is 1.14 bits per heavy atom. The van der Waals surface area contributed by atoms with Crippen LogP contribution < -0.4 is 5.32 Å². The standard InChI is InChI=1S/C17H30N2O2/c20-16(11-10-15-7-3-4-8-15)18-12-6-14-19-13-5-1-2-9-17(19)21/h15H,1-14H2,(H,18,20). The molecule has 120 valence electrons. The normalized spacial score (nSPS) is 20.6. The fourth-order valence-corrected chi connectivity index (χ4v) is 3.50. The zero-order valence-corrected chi connectivity index (χ0v) is 13.2. The van der Waals surface area contributed by atoms with Gasteiger partial charge in [-0.3, -0.25) is 9.59 Å². The summed E-state index contributed by atoms with van der Waals surface area (Å²) in [5, 5.41) is 3.00. The van der Waals surface area contributed by atoms with Crippen molar-refractivity contribution in [3.8, 4) is 0 Å². The van der Waals surface area contributed by atoms with Gasteiger partial charge in [0.15, 0.2) is 0 Å². The summed E-state index contributed by atoms with van der Waals surface area (Å²) in [7, 11) is 0. The van der Waals surface area contributed by atoms with Crippen molar-refractivity contribution in [2.75, 3.05) is 19.6 Å². The third kappa shape index (κ3) is 6.06. The average molecular weight is 294 g/mol. The van der Waals surface area contributed by atoms with Crippen molar-refractivity contribution in [3.05, 3.63) is 0 Å². The summed E-state index contributed by atoms with van der Waals surface area (Å²) < 4.78 is 0. The van der Waals surface area contributed by atoms with E-state index in [1.165, 1.54) is 32.1 Å². The highest BCUT2D eigenvalue weighted by Crippen LogP contribution is 2.28. The Morgan fingerprint density at radius 2 is 1.95 bits per heavy atom. The van der Waals surface area contributed by atoms with Gasteiger partial charge in [-0.05, 0) is 31.6 Å². The van der Waals surface area contributed by atoms with E-state index in [-0.39, 0.29) is 5.91 Å². The second-order valence-corrected chi connectivity index (χ2v) is 6.58. The van der Waals surface area contributed by atoms with Crippen LogP contribution in [-0.4, -0.2) is 36.3 Å². The van der Waals surface area contributed by atoms with E-state index in [2.05, 4.69) is 5.32 Å². The van der Waals surface area contributed by atoms with Gasteiger partial charge >= 0.3 is 0 Å². The molecule has 21 heavy (non-hydrogen) atoms. The first-order chi connectivity index (χ1) is 10.3. The summed E-state index contributed by atoms with van der Waals surface area (Å²) in [6.45, 7) is 2.39. The van der Waals surface area contributed by atoms with Gasteiger partial charge in [-0.15, -0.1) is 0 Å². The lowest BCUT2D eigenvalue weighted by molar-refractivity contribution is -0.130. The quantitative estimate of drug-likeness (QED) is 0.734. The van der Waals surface area contributed by atoms with Crippen LogP contribution in [0.25, 0.3) is 0 Å². The molecule has 2 fully saturated rings. The number of nitrogens with zero attached hydrogens (tertiary/aromatic N) is 1. The first-order valence-corrected chi connectivity index (χ1v) is 8.80. The van der Waals surface area contributed by atoms with Gasteiger partial charge in [-0.2, -0.15) is 0 Å². The van der Waals surface area contributed by atoms with Crippen LogP contribution in [0.15, 0.2) is 0 Å². The summed E-state index contributed by atoms with van der Waals surface area (Å²) in [5.41, 5.74) is 0. The predicted octanol–water partition coefficient (Wildman–Crippen LogP) is 2.87. The summed E-state index contributed by atoms with van der Waals surface area (Å²) in [6.07, 6.45) is 11.9. The zero-order chi connectivity index (χ0) is 14.9. The number of amides is 2. The highest BCUT2D eigenvalue weighted by Gasteiger charge is 2.17. The molecule has 1 saturated carbocycles. The molecule has 0 bridgehead atoms. The topological polar surface area (TPSA) is 49.4 Å². The first kappa shape index (κ1) is 16.3. The molecule has 0 atom stereocenters. The average Bonchev–Trinajstić information content (AvgIpc) is 2.92. The van der Waals surface area contributed by atoms with Gasteiger partial charge in [-0.1, -0.05) is 32.1 Å². The Hall–Kier alpha value is -1.06. The molecule has 1 saturated heterocycles. The van der Waals surface area contributed by atoms with Crippen LogP contribution in [0.3, 0.4) is 0 Å². The highest BCUT2D eigenvalue weighted by atomic mass is 16.2. The third-order valence-corrected chi connectivity index (χ3v) is 4.85. The van der Waals surface area contributed by atoms with Crippen molar-refractivity contribution < 1.29 is 9.59 Å². The van der Waals surface area contributed by atoms with E-state index in [0.717, 1.165) is 44.7 Å². The Balaban J connectivity index is 1.51. The Labute approximate surface area is 128 Å².